The summed E-state index contributed by atoms with van der Waals surface area (Å²) < 4.78 is 13.1. The molecular weight excluding hydrogens is 197 g/mol. The number of benzene rings is 1. The predicted octanol–water partition coefficient (Wildman–Crippen LogP) is 1.62. The largest absolute Gasteiger partial charge is 0.479 e. The summed E-state index contributed by atoms with van der Waals surface area (Å²) in [6, 6.07) is 5.59. The van der Waals surface area contributed by atoms with Crippen molar-refractivity contribution in [3.63, 3.8) is 0 Å². The molecule has 0 saturated carbocycles. The van der Waals surface area contributed by atoms with E-state index in [1.165, 1.54) is 0 Å². The third-order valence-electron chi connectivity index (χ3n) is 2.60. The molecule has 1 aromatic rings. The zero-order valence-corrected chi connectivity index (χ0v) is 8.16. The van der Waals surface area contributed by atoms with Crippen LogP contribution in [-0.2, 0) is 17.6 Å². The van der Waals surface area contributed by atoms with Crippen molar-refractivity contribution in [3.8, 4) is 0 Å². The molecule has 15 heavy (non-hydrogen) atoms. The Morgan fingerprint density at radius 2 is 2.40 bits per heavy atom. The zero-order chi connectivity index (χ0) is 10.8. The van der Waals surface area contributed by atoms with Crippen molar-refractivity contribution in [2.75, 3.05) is 11.9 Å². The lowest BCUT2D eigenvalue weighted by Gasteiger charge is -2.09. The van der Waals surface area contributed by atoms with E-state index in [4.69, 9.17) is 5.11 Å². The van der Waals surface area contributed by atoms with Crippen LogP contribution in [0.5, 0.6) is 0 Å². The molecule has 1 atom stereocenters. The lowest BCUT2D eigenvalue weighted by Crippen LogP contribution is -2.17. The monoisotopic (exact) mass is 209 g/mol. The number of hydrogen-bond donors (Lipinski definition) is 2. The number of rotatable bonds is 3. The summed E-state index contributed by atoms with van der Waals surface area (Å²) in [5.41, 5.74) is 2.81. The van der Waals surface area contributed by atoms with E-state index < -0.39 is 12.1 Å². The van der Waals surface area contributed by atoms with Gasteiger partial charge in [-0.3, -0.25) is 0 Å². The van der Waals surface area contributed by atoms with E-state index in [9.17, 15) is 9.18 Å². The summed E-state index contributed by atoms with van der Waals surface area (Å²) in [4.78, 5) is 10.4. The Kier molecular flexibility index (Phi) is 2.58. The van der Waals surface area contributed by atoms with Crippen LogP contribution in [0.2, 0.25) is 0 Å². The molecule has 3 nitrogen and oxygen atoms in total. The van der Waals surface area contributed by atoms with Gasteiger partial charge in [0.15, 0.2) is 0 Å². The minimum Gasteiger partial charge on any atom is -0.479 e. The second-order valence-corrected chi connectivity index (χ2v) is 3.64. The van der Waals surface area contributed by atoms with Gasteiger partial charge in [0, 0.05) is 18.7 Å². The Balaban J connectivity index is 2.22. The molecule has 0 saturated heterocycles. The van der Waals surface area contributed by atoms with Crippen molar-refractivity contribution < 1.29 is 14.3 Å². The molecule has 80 valence electrons. The molecule has 1 aliphatic rings. The molecule has 1 aliphatic heterocycles. The van der Waals surface area contributed by atoms with E-state index in [0.29, 0.717) is 0 Å². The average Bonchev–Trinajstić information content (AvgIpc) is 2.66. The molecule has 0 radical (unpaired) electrons. The summed E-state index contributed by atoms with van der Waals surface area (Å²) in [5, 5.41) is 11.6. The topological polar surface area (TPSA) is 49.3 Å². The number of anilines is 1. The number of nitrogens with one attached hydrogen (secondary N) is 1. The third-order valence-corrected chi connectivity index (χ3v) is 2.60. The van der Waals surface area contributed by atoms with Gasteiger partial charge in [-0.1, -0.05) is 18.2 Å². The third kappa shape index (κ3) is 1.93. The van der Waals surface area contributed by atoms with Gasteiger partial charge in [-0.2, -0.15) is 0 Å². The fourth-order valence-electron chi connectivity index (χ4n) is 1.86. The molecular formula is C11H12FNO2. The first-order chi connectivity index (χ1) is 7.18. The second kappa shape index (κ2) is 3.88. The van der Waals surface area contributed by atoms with Crippen LogP contribution in [0.25, 0.3) is 0 Å². The van der Waals surface area contributed by atoms with Crippen molar-refractivity contribution in [2.45, 2.75) is 19.0 Å². The van der Waals surface area contributed by atoms with Crippen LogP contribution >= 0.6 is 0 Å². The van der Waals surface area contributed by atoms with Crippen LogP contribution in [0, 0.1) is 0 Å². The quantitative estimate of drug-likeness (QED) is 0.795. The van der Waals surface area contributed by atoms with Gasteiger partial charge < -0.3 is 10.4 Å². The lowest BCUT2D eigenvalue weighted by atomic mass is 10.0. The number of halogens is 1. The van der Waals surface area contributed by atoms with Gasteiger partial charge in [0.1, 0.15) is 0 Å². The fraction of sp³-hybridized carbons (Fsp3) is 0.364. The number of fused-ring (bicyclic) bond motifs is 1. The predicted molar refractivity (Wildman–Crippen MR) is 54.9 cm³/mol. The van der Waals surface area contributed by atoms with E-state index in [1.807, 2.05) is 12.1 Å². The molecule has 4 heteroatoms. The Morgan fingerprint density at radius 1 is 1.60 bits per heavy atom. The number of para-hydroxylation sites is 1. The van der Waals surface area contributed by atoms with Crippen molar-refractivity contribution in [1.29, 1.82) is 0 Å². The maximum Gasteiger partial charge on any atom is 0.338 e. The second-order valence-electron chi connectivity index (χ2n) is 3.64. The van der Waals surface area contributed by atoms with Crippen molar-refractivity contribution in [2.24, 2.45) is 0 Å². The minimum absolute atomic E-state index is 0.0640. The van der Waals surface area contributed by atoms with Crippen molar-refractivity contribution in [3.05, 3.63) is 29.3 Å². The molecule has 0 fully saturated rings. The normalized spacial score (nSPS) is 15.5. The Bertz CT molecular complexity index is 392. The van der Waals surface area contributed by atoms with Gasteiger partial charge in [0.25, 0.3) is 0 Å². The number of carboxylic acid groups (broad SMARTS) is 1. The summed E-state index contributed by atoms with van der Waals surface area (Å²) in [7, 11) is 0. The summed E-state index contributed by atoms with van der Waals surface area (Å²) in [6.45, 7) is 0.844. The Hall–Kier alpha value is -1.58. The highest BCUT2D eigenvalue weighted by Gasteiger charge is 2.20. The van der Waals surface area contributed by atoms with Crippen LogP contribution in [0.15, 0.2) is 18.2 Å². The number of aliphatic carboxylic acids is 1. The van der Waals surface area contributed by atoms with E-state index in [1.54, 1.807) is 6.07 Å². The maximum absolute atomic E-state index is 13.1. The molecule has 0 amide bonds. The molecule has 0 bridgehead atoms. The van der Waals surface area contributed by atoms with Crippen LogP contribution in [0.1, 0.15) is 11.1 Å². The summed E-state index contributed by atoms with van der Waals surface area (Å²) in [5.74, 6) is -1.40. The number of carboxylic acids is 1. The van der Waals surface area contributed by atoms with Crippen LogP contribution < -0.4 is 5.32 Å². The number of alkyl halides is 1. The van der Waals surface area contributed by atoms with E-state index in [-0.39, 0.29) is 6.42 Å². The summed E-state index contributed by atoms with van der Waals surface area (Å²) in [6.07, 6.45) is -0.961. The van der Waals surface area contributed by atoms with Gasteiger partial charge in [0.05, 0.1) is 0 Å². The average molecular weight is 209 g/mol. The number of carbonyl (C=O) groups is 1. The highest BCUT2D eigenvalue weighted by Crippen LogP contribution is 2.27. The van der Waals surface area contributed by atoms with E-state index in [2.05, 4.69) is 5.32 Å². The molecule has 1 heterocycles. The molecule has 2 N–H and O–H groups in total. The minimum atomic E-state index is -1.82. The first kappa shape index (κ1) is 9.96. The lowest BCUT2D eigenvalue weighted by molar-refractivity contribution is -0.142. The smallest absolute Gasteiger partial charge is 0.338 e. The molecule has 0 spiro atoms. The van der Waals surface area contributed by atoms with Crippen molar-refractivity contribution >= 4 is 11.7 Å². The fourth-order valence-corrected chi connectivity index (χ4v) is 1.86. The number of hydrogen-bond acceptors (Lipinski definition) is 2. The molecule has 1 aromatic carbocycles. The molecule has 2 rings (SSSR count). The van der Waals surface area contributed by atoms with Gasteiger partial charge in [-0.25, -0.2) is 9.18 Å². The SMILES string of the molecule is O=C(O)C(F)Cc1cccc2c1NCC2. The molecule has 0 aliphatic carbocycles. The first-order valence-electron chi connectivity index (χ1n) is 4.90. The van der Waals surface area contributed by atoms with E-state index >= 15 is 0 Å². The Labute approximate surface area is 86.9 Å². The van der Waals surface area contributed by atoms with Gasteiger partial charge in [0.2, 0.25) is 6.17 Å². The molecule has 0 aromatic heterocycles. The summed E-state index contributed by atoms with van der Waals surface area (Å²) >= 11 is 0. The zero-order valence-electron chi connectivity index (χ0n) is 8.16. The standard InChI is InChI=1S/C11H12FNO2/c12-9(11(14)15)6-8-3-1-2-7-4-5-13-10(7)8/h1-3,9,13H,4-6H2,(H,14,15). The van der Waals surface area contributed by atoms with Crippen LogP contribution in [-0.4, -0.2) is 23.8 Å². The van der Waals surface area contributed by atoms with Gasteiger partial charge in [-0.05, 0) is 17.5 Å². The van der Waals surface area contributed by atoms with Crippen LogP contribution in [0.4, 0.5) is 10.1 Å². The highest BCUT2D eigenvalue weighted by molar-refractivity contribution is 5.73. The van der Waals surface area contributed by atoms with Gasteiger partial charge >= 0.3 is 5.97 Å². The Morgan fingerprint density at radius 3 is 3.13 bits per heavy atom. The highest BCUT2D eigenvalue weighted by atomic mass is 19.1. The van der Waals surface area contributed by atoms with Crippen LogP contribution in [0.3, 0.4) is 0 Å². The van der Waals surface area contributed by atoms with Crippen molar-refractivity contribution in [1.82, 2.24) is 0 Å². The maximum atomic E-state index is 13.1. The van der Waals surface area contributed by atoms with Gasteiger partial charge in [-0.15, -0.1) is 0 Å². The first-order valence-corrected chi connectivity index (χ1v) is 4.90. The van der Waals surface area contributed by atoms with E-state index in [0.717, 1.165) is 29.8 Å². The molecule has 1 unspecified atom stereocenters.